The number of hydrogen-bond acceptors (Lipinski definition) is 4. The van der Waals surface area contributed by atoms with E-state index in [2.05, 4.69) is 17.6 Å². The van der Waals surface area contributed by atoms with Gasteiger partial charge in [-0.15, -0.1) is 0 Å². The quantitative estimate of drug-likeness (QED) is 0.869. The Balaban J connectivity index is 2.05. The number of hydrogen-bond donors (Lipinski definition) is 2. The second kappa shape index (κ2) is 7.31. The van der Waals surface area contributed by atoms with E-state index < -0.39 is 0 Å². The van der Waals surface area contributed by atoms with Crippen molar-refractivity contribution in [3.05, 3.63) is 23.8 Å². The third-order valence-electron chi connectivity index (χ3n) is 4.06. The molecule has 0 bridgehead atoms. The number of nitrogens with one attached hydrogen (secondary N) is 2. The molecule has 1 aromatic carbocycles. The fourth-order valence-corrected chi connectivity index (χ4v) is 2.69. The van der Waals surface area contributed by atoms with Crippen LogP contribution in [-0.2, 0) is 0 Å². The Morgan fingerprint density at radius 2 is 1.76 bits per heavy atom. The Hall–Kier alpha value is -1.75. The van der Waals surface area contributed by atoms with E-state index in [0.29, 0.717) is 23.0 Å². The molecule has 1 atom stereocenters. The first-order chi connectivity index (χ1) is 10.1. The number of amides is 1. The predicted molar refractivity (Wildman–Crippen MR) is 82.1 cm³/mol. The van der Waals surface area contributed by atoms with E-state index in [-0.39, 0.29) is 11.9 Å². The van der Waals surface area contributed by atoms with E-state index >= 15 is 0 Å². The Kier molecular flexibility index (Phi) is 5.44. The molecule has 1 amide bonds. The Morgan fingerprint density at radius 1 is 1.19 bits per heavy atom. The molecule has 1 fully saturated rings. The number of methoxy groups -OCH3 is 2. The van der Waals surface area contributed by atoms with Gasteiger partial charge >= 0.3 is 0 Å². The maximum absolute atomic E-state index is 12.4. The highest BCUT2D eigenvalue weighted by Crippen LogP contribution is 2.23. The minimum atomic E-state index is -0.0850. The summed E-state index contributed by atoms with van der Waals surface area (Å²) in [6.07, 6.45) is 2.20. The monoisotopic (exact) mass is 292 g/mol. The molecule has 0 saturated carbocycles. The third-order valence-corrected chi connectivity index (χ3v) is 4.06. The summed E-state index contributed by atoms with van der Waals surface area (Å²) in [5.74, 6) is 1.68. The van der Waals surface area contributed by atoms with E-state index in [0.717, 1.165) is 25.9 Å². The topological polar surface area (TPSA) is 59.6 Å². The van der Waals surface area contributed by atoms with Gasteiger partial charge in [-0.2, -0.15) is 0 Å². The van der Waals surface area contributed by atoms with Gasteiger partial charge in [0.1, 0.15) is 11.5 Å². The molecule has 5 nitrogen and oxygen atoms in total. The van der Waals surface area contributed by atoms with Gasteiger partial charge in [0.25, 0.3) is 5.91 Å². The summed E-state index contributed by atoms with van der Waals surface area (Å²) in [7, 11) is 3.15. The zero-order valence-electron chi connectivity index (χ0n) is 12.9. The molecule has 0 radical (unpaired) electrons. The van der Waals surface area contributed by atoms with Crippen molar-refractivity contribution in [3.8, 4) is 11.5 Å². The lowest BCUT2D eigenvalue weighted by atomic mass is 9.91. The number of benzene rings is 1. The van der Waals surface area contributed by atoms with Gasteiger partial charge in [0, 0.05) is 17.7 Å². The molecule has 2 rings (SSSR count). The molecule has 1 unspecified atom stereocenters. The fourth-order valence-electron chi connectivity index (χ4n) is 2.69. The molecule has 116 valence electrons. The molecule has 2 N–H and O–H groups in total. The van der Waals surface area contributed by atoms with Gasteiger partial charge in [-0.05, 0) is 50.9 Å². The highest BCUT2D eigenvalue weighted by atomic mass is 16.5. The number of rotatable bonds is 5. The SMILES string of the molecule is COc1cc(OC)cc(C(=O)NC(C)C2CCNCC2)c1. The maximum atomic E-state index is 12.4. The van der Waals surface area contributed by atoms with Crippen LogP contribution in [0, 0.1) is 5.92 Å². The molecule has 0 aromatic heterocycles. The summed E-state index contributed by atoms with van der Waals surface area (Å²) in [6.45, 7) is 4.13. The Morgan fingerprint density at radius 3 is 2.29 bits per heavy atom. The minimum absolute atomic E-state index is 0.0850. The van der Waals surface area contributed by atoms with Crippen LogP contribution in [0.4, 0.5) is 0 Å². The standard InChI is InChI=1S/C16H24N2O3/c1-11(12-4-6-17-7-5-12)18-16(19)13-8-14(20-2)10-15(9-13)21-3/h8-12,17H,4-7H2,1-3H3,(H,18,19). The summed E-state index contributed by atoms with van der Waals surface area (Å²) < 4.78 is 10.4. The molecule has 0 spiro atoms. The molecule has 1 heterocycles. The molecular weight excluding hydrogens is 268 g/mol. The lowest BCUT2D eigenvalue weighted by molar-refractivity contribution is 0.0920. The smallest absolute Gasteiger partial charge is 0.251 e. The maximum Gasteiger partial charge on any atom is 0.251 e. The average molecular weight is 292 g/mol. The number of carbonyl (C=O) groups is 1. The van der Waals surface area contributed by atoms with Crippen LogP contribution in [0.15, 0.2) is 18.2 Å². The zero-order valence-corrected chi connectivity index (χ0v) is 12.9. The van der Waals surface area contributed by atoms with Gasteiger partial charge in [0.15, 0.2) is 0 Å². The first-order valence-corrected chi connectivity index (χ1v) is 7.38. The molecule has 1 aromatic rings. The molecule has 1 aliphatic rings. The van der Waals surface area contributed by atoms with Crippen LogP contribution in [0.2, 0.25) is 0 Å². The van der Waals surface area contributed by atoms with Crippen LogP contribution < -0.4 is 20.1 Å². The Bertz CT molecular complexity index is 462. The van der Waals surface area contributed by atoms with Crippen molar-refractivity contribution in [1.29, 1.82) is 0 Å². The van der Waals surface area contributed by atoms with Crippen molar-refractivity contribution >= 4 is 5.91 Å². The molecule has 21 heavy (non-hydrogen) atoms. The van der Waals surface area contributed by atoms with E-state index in [1.54, 1.807) is 32.4 Å². The number of piperidine rings is 1. The second-order valence-electron chi connectivity index (χ2n) is 5.45. The fraction of sp³-hybridized carbons (Fsp3) is 0.562. The molecule has 1 saturated heterocycles. The molecule has 0 aliphatic carbocycles. The summed E-state index contributed by atoms with van der Waals surface area (Å²) in [5.41, 5.74) is 0.562. The van der Waals surface area contributed by atoms with Gasteiger partial charge in [-0.1, -0.05) is 0 Å². The Labute approximate surface area is 126 Å². The average Bonchev–Trinajstić information content (AvgIpc) is 2.54. The van der Waals surface area contributed by atoms with Crippen LogP contribution >= 0.6 is 0 Å². The zero-order chi connectivity index (χ0) is 15.2. The van der Waals surface area contributed by atoms with Crippen LogP contribution in [0.5, 0.6) is 11.5 Å². The summed E-state index contributed by atoms with van der Waals surface area (Å²) in [6, 6.07) is 5.38. The highest BCUT2D eigenvalue weighted by molar-refractivity contribution is 5.95. The van der Waals surface area contributed by atoms with Crippen molar-refractivity contribution < 1.29 is 14.3 Å². The summed E-state index contributed by atoms with van der Waals surface area (Å²) in [4.78, 5) is 12.4. The van der Waals surface area contributed by atoms with Crippen molar-refractivity contribution in [3.63, 3.8) is 0 Å². The normalized spacial score (nSPS) is 17.1. The van der Waals surface area contributed by atoms with E-state index in [4.69, 9.17) is 9.47 Å². The summed E-state index contributed by atoms with van der Waals surface area (Å²) in [5, 5.41) is 6.43. The molecular formula is C16H24N2O3. The summed E-state index contributed by atoms with van der Waals surface area (Å²) >= 11 is 0. The van der Waals surface area contributed by atoms with Gasteiger partial charge in [-0.3, -0.25) is 4.79 Å². The van der Waals surface area contributed by atoms with Crippen molar-refractivity contribution in [2.45, 2.75) is 25.8 Å². The van der Waals surface area contributed by atoms with Crippen LogP contribution in [0.25, 0.3) is 0 Å². The van der Waals surface area contributed by atoms with Gasteiger partial charge in [0.05, 0.1) is 14.2 Å². The van der Waals surface area contributed by atoms with Gasteiger partial charge < -0.3 is 20.1 Å². The van der Waals surface area contributed by atoms with Crippen LogP contribution in [0.1, 0.15) is 30.1 Å². The lowest BCUT2D eigenvalue weighted by Gasteiger charge is -2.28. The predicted octanol–water partition coefficient (Wildman–Crippen LogP) is 1.82. The van der Waals surface area contributed by atoms with Crippen molar-refractivity contribution in [2.75, 3.05) is 27.3 Å². The van der Waals surface area contributed by atoms with E-state index in [1.165, 1.54) is 0 Å². The largest absolute Gasteiger partial charge is 0.497 e. The number of carbonyl (C=O) groups excluding carboxylic acids is 1. The van der Waals surface area contributed by atoms with Gasteiger partial charge in [0.2, 0.25) is 0 Å². The highest BCUT2D eigenvalue weighted by Gasteiger charge is 2.22. The second-order valence-corrected chi connectivity index (χ2v) is 5.45. The van der Waals surface area contributed by atoms with Gasteiger partial charge in [-0.25, -0.2) is 0 Å². The van der Waals surface area contributed by atoms with Crippen molar-refractivity contribution in [2.24, 2.45) is 5.92 Å². The number of ether oxygens (including phenoxy) is 2. The lowest BCUT2D eigenvalue weighted by Crippen LogP contribution is -2.42. The van der Waals surface area contributed by atoms with E-state index in [9.17, 15) is 4.79 Å². The third kappa shape index (κ3) is 4.11. The van der Waals surface area contributed by atoms with E-state index in [1.807, 2.05) is 0 Å². The van der Waals surface area contributed by atoms with Crippen LogP contribution in [-0.4, -0.2) is 39.3 Å². The van der Waals surface area contributed by atoms with Crippen LogP contribution in [0.3, 0.4) is 0 Å². The first-order valence-electron chi connectivity index (χ1n) is 7.38. The first kappa shape index (κ1) is 15.6. The van der Waals surface area contributed by atoms with Crippen molar-refractivity contribution in [1.82, 2.24) is 10.6 Å². The minimum Gasteiger partial charge on any atom is -0.497 e. The molecule has 5 heteroatoms. The molecule has 1 aliphatic heterocycles.